The van der Waals surface area contributed by atoms with Gasteiger partial charge in [-0.25, -0.2) is 0 Å². The van der Waals surface area contributed by atoms with E-state index in [0.717, 1.165) is 6.07 Å². The molecule has 1 amide bonds. The summed E-state index contributed by atoms with van der Waals surface area (Å²) in [6.07, 6.45) is 0. The van der Waals surface area contributed by atoms with Gasteiger partial charge in [-0.15, -0.1) is 0 Å². The third-order valence-electron chi connectivity index (χ3n) is 2.75. The second-order valence-electron chi connectivity index (χ2n) is 4.10. The summed E-state index contributed by atoms with van der Waals surface area (Å²) >= 11 is 0. The molecule has 5 nitrogen and oxygen atoms in total. The van der Waals surface area contributed by atoms with E-state index in [4.69, 9.17) is 4.74 Å². The van der Waals surface area contributed by atoms with Crippen molar-refractivity contribution in [3.63, 3.8) is 0 Å². The SMILES string of the molecule is CCN(C(=O)c1ccc(O)cc1O)C(C)COC. The van der Waals surface area contributed by atoms with Crippen molar-refractivity contribution in [2.45, 2.75) is 19.9 Å². The summed E-state index contributed by atoms with van der Waals surface area (Å²) in [4.78, 5) is 13.9. The zero-order valence-corrected chi connectivity index (χ0v) is 10.9. The average molecular weight is 253 g/mol. The van der Waals surface area contributed by atoms with Crippen LogP contribution in [0.3, 0.4) is 0 Å². The van der Waals surface area contributed by atoms with Crippen molar-refractivity contribution in [2.75, 3.05) is 20.3 Å². The summed E-state index contributed by atoms with van der Waals surface area (Å²) in [5.74, 6) is -0.570. The number of likely N-dealkylation sites (N-methyl/N-ethyl adjacent to an activating group) is 1. The number of benzene rings is 1. The standard InChI is InChI=1S/C13H19NO4/c1-4-14(9(2)8-18-3)13(17)11-6-5-10(15)7-12(11)16/h5-7,9,15-16H,4,8H2,1-3H3. The number of phenols is 2. The molecule has 0 aromatic heterocycles. The number of hydrogen-bond donors (Lipinski definition) is 2. The quantitative estimate of drug-likeness (QED) is 0.836. The van der Waals surface area contributed by atoms with Gasteiger partial charge >= 0.3 is 0 Å². The van der Waals surface area contributed by atoms with Crippen LogP contribution >= 0.6 is 0 Å². The summed E-state index contributed by atoms with van der Waals surface area (Å²) in [5.41, 5.74) is 0.178. The Hall–Kier alpha value is -1.75. The zero-order chi connectivity index (χ0) is 13.7. The maximum absolute atomic E-state index is 12.3. The molecular weight excluding hydrogens is 234 g/mol. The normalized spacial score (nSPS) is 12.2. The first-order valence-corrected chi connectivity index (χ1v) is 5.83. The molecular formula is C13H19NO4. The molecule has 1 rings (SSSR count). The molecule has 0 aliphatic carbocycles. The van der Waals surface area contributed by atoms with Gasteiger partial charge in [0.05, 0.1) is 18.2 Å². The van der Waals surface area contributed by atoms with Crippen LogP contribution in [0.25, 0.3) is 0 Å². The van der Waals surface area contributed by atoms with Gasteiger partial charge < -0.3 is 19.8 Å². The van der Waals surface area contributed by atoms with Crippen molar-refractivity contribution in [1.82, 2.24) is 4.90 Å². The molecule has 2 N–H and O–H groups in total. The van der Waals surface area contributed by atoms with Crippen molar-refractivity contribution < 1.29 is 19.7 Å². The summed E-state index contributed by atoms with van der Waals surface area (Å²) in [7, 11) is 1.58. The lowest BCUT2D eigenvalue weighted by Crippen LogP contribution is -2.40. The van der Waals surface area contributed by atoms with E-state index in [1.54, 1.807) is 12.0 Å². The molecule has 0 fully saturated rings. The minimum atomic E-state index is -0.278. The molecule has 0 saturated carbocycles. The van der Waals surface area contributed by atoms with Crippen molar-refractivity contribution in [2.24, 2.45) is 0 Å². The molecule has 0 heterocycles. The highest BCUT2D eigenvalue weighted by atomic mass is 16.5. The molecule has 1 atom stereocenters. The Balaban J connectivity index is 2.96. The number of carbonyl (C=O) groups is 1. The number of phenolic OH excluding ortho intramolecular Hbond substituents is 2. The highest BCUT2D eigenvalue weighted by Gasteiger charge is 2.22. The van der Waals surface area contributed by atoms with E-state index in [9.17, 15) is 15.0 Å². The molecule has 0 bridgehead atoms. The van der Waals surface area contributed by atoms with Gasteiger partial charge in [-0.2, -0.15) is 0 Å². The molecule has 0 radical (unpaired) electrons. The van der Waals surface area contributed by atoms with E-state index >= 15 is 0 Å². The maximum atomic E-state index is 12.3. The lowest BCUT2D eigenvalue weighted by atomic mass is 10.1. The Morgan fingerprint density at radius 2 is 2.11 bits per heavy atom. The Bertz CT molecular complexity index is 419. The Labute approximate surface area is 107 Å². The predicted octanol–water partition coefficient (Wildman–Crippen LogP) is 1.59. The molecule has 5 heteroatoms. The summed E-state index contributed by atoms with van der Waals surface area (Å²) in [6.45, 7) is 4.69. The third kappa shape index (κ3) is 3.13. The fourth-order valence-corrected chi connectivity index (χ4v) is 1.84. The number of amides is 1. The van der Waals surface area contributed by atoms with E-state index in [1.807, 2.05) is 13.8 Å². The lowest BCUT2D eigenvalue weighted by molar-refractivity contribution is 0.0576. The highest BCUT2D eigenvalue weighted by molar-refractivity contribution is 5.97. The molecule has 18 heavy (non-hydrogen) atoms. The van der Waals surface area contributed by atoms with Crippen LogP contribution in [0.4, 0.5) is 0 Å². The van der Waals surface area contributed by atoms with Gasteiger partial charge in [0.25, 0.3) is 5.91 Å². The number of ether oxygens (including phenoxy) is 1. The Morgan fingerprint density at radius 1 is 1.44 bits per heavy atom. The molecule has 0 spiro atoms. The van der Waals surface area contributed by atoms with Crippen molar-refractivity contribution in [3.8, 4) is 11.5 Å². The fourth-order valence-electron chi connectivity index (χ4n) is 1.84. The fraction of sp³-hybridized carbons (Fsp3) is 0.462. The maximum Gasteiger partial charge on any atom is 0.257 e. The second kappa shape index (κ2) is 6.26. The average Bonchev–Trinajstić information content (AvgIpc) is 2.29. The molecule has 1 aromatic rings. The monoisotopic (exact) mass is 253 g/mol. The third-order valence-corrected chi connectivity index (χ3v) is 2.75. The van der Waals surface area contributed by atoms with Crippen LogP contribution in [0.2, 0.25) is 0 Å². The minimum absolute atomic E-state index is 0.0722. The predicted molar refractivity (Wildman–Crippen MR) is 67.8 cm³/mol. The smallest absolute Gasteiger partial charge is 0.257 e. The van der Waals surface area contributed by atoms with Crippen LogP contribution in [-0.2, 0) is 4.74 Å². The molecule has 0 aliphatic rings. The van der Waals surface area contributed by atoms with E-state index in [0.29, 0.717) is 13.2 Å². The van der Waals surface area contributed by atoms with Crippen molar-refractivity contribution >= 4 is 5.91 Å². The number of nitrogens with zero attached hydrogens (tertiary/aromatic N) is 1. The van der Waals surface area contributed by atoms with Crippen LogP contribution in [0, 0.1) is 0 Å². The van der Waals surface area contributed by atoms with Gasteiger partial charge in [0.15, 0.2) is 0 Å². The molecule has 1 aromatic carbocycles. The first-order chi connectivity index (χ1) is 8.51. The largest absolute Gasteiger partial charge is 0.508 e. The molecule has 0 saturated heterocycles. The Morgan fingerprint density at radius 3 is 2.61 bits per heavy atom. The molecule has 0 aliphatic heterocycles. The topological polar surface area (TPSA) is 70.0 Å². The van der Waals surface area contributed by atoms with E-state index in [-0.39, 0.29) is 29.0 Å². The van der Waals surface area contributed by atoms with Gasteiger partial charge in [0.2, 0.25) is 0 Å². The molecule has 1 unspecified atom stereocenters. The summed E-state index contributed by atoms with van der Waals surface area (Å²) in [6, 6.07) is 3.86. The van der Waals surface area contributed by atoms with Gasteiger partial charge in [-0.05, 0) is 26.0 Å². The zero-order valence-electron chi connectivity index (χ0n) is 10.9. The first-order valence-electron chi connectivity index (χ1n) is 5.83. The van der Waals surface area contributed by atoms with E-state index in [2.05, 4.69) is 0 Å². The van der Waals surface area contributed by atoms with Crippen LogP contribution in [-0.4, -0.2) is 47.3 Å². The van der Waals surface area contributed by atoms with Crippen molar-refractivity contribution in [3.05, 3.63) is 23.8 Å². The minimum Gasteiger partial charge on any atom is -0.508 e. The summed E-state index contributed by atoms with van der Waals surface area (Å²) in [5, 5.41) is 18.9. The number of carbonyl (C=O) groups excluding carboxylic acids is 1. The number of hydrogen-bond acceptors (Lipinski definition) is 4. The van der Waals surface area contributed by atoms with Crippen LogP contribution in [0.1, 0.15) is 24.2 Å². The van der Waals surface area contributed by atoms with Crippen LogP contribution in [0.15, 0.2) is 18.2 Å². The lowest BCUT2D eigenvalue weighted by Gasteiger charge is -2.27. The first kappa shape index (κ1) is 14.3. The number of rotatable bonds is 5. The van der Waals surface area contributed by atoms with Crippen LogP contribution < -0.4 is 0 Å². The van der Waals surface area contributed by atoms with Gasteiger partial charge in [-0.3, -0.25) is 4.79 Å². The second-order valence-corrected chi connectivity index (χ2v) is 4.10. The number of methoxy groups -OCH3 is 1. The van der Waals surface area contributed by atoms with Gasteiger partial charge in [0, 0.05) is 19.7 Å². The summed E-state index contributed by atoms with van der Waals surface area (Å²) < 4.78 is 5.03. The Kier molecular flexibility index (Phi) is 4.97. The van der Waals surface area contributed by atoms with Gasteiger partial charge in [0.1, 0.15) is 11.5 Å². The van der Waals surface area contributed by atoms with E-state index in [1.165, 1.54) is 12.1 Å². The van der Waals surface area contributed by atoms with Crippen LogP contribution in [0.5, 0.6) is 11.5 Å². The van der Waals surface area contributed by atoms with Gasteiger partial charge in [-0.1, -0.05) is 0 Å². The van der Waals surface area contributed by atoms with Crippen molar-refractivity contribution in [1.29, 1.82) is 0 Å². The molecule has 100 valence electrons. The highest BCUT2D eigenvalue weighted by Crippen LogP contribution is 2.24. The van der Waals surface area contributed by atoms with E-state index < -0.39 is 0 Å². The number of aromatic hydroxyl groups is 2.